The van der Waals surface area contributed by atoms with Crippen molar-refractivity contribution in [1.82, 2.24) is 31.5 Å². The lowest BCUT2D eigenvalue weighted by atomic mass is 9.72. The maximum atomic E-state index is 13.8. The molecular weight excluding hydrogens is 715 g/mol. The molecule has 0 radical (unpaired) electrons. The maximum absolute atomic E-state index is 13.8. The van der Waals surface area contributed by atoms with Gasteiger partial charge in [-0.1, -0.05) is 61.7 Å². The van der Waals surface area contributed by atoms with Crippen LogP contribution in [0.4, 0.5) is 5.69 Å². The van der Waals surface area contributed by atoms with E-state index in [9.17, 15) is 24.3 Å². The number of nitrogens with zero attached hydrogens (tertiary/aromatic N) is 2. The summed E-state index contributed by atoms with van der Waals surface area (Å²) in [5.74, 6) is 0.0510. The average molecular weight is 778 g/mol. The third-order valence-electron chi connectivity index (χ3n) is 11.0. The summed E-state index contributed by atoms with van der Waals surface area (Å²) >= 11 is 1.43. The minimum Gasteiger partial charge on any atom is -0.390 e. The number of benzene rings is 2. The quantitative estimate of drug-likeness (QED) is 0.170. The van der Waals surface area contributed by atoms with Crippen LogP contribution in [-0.4, -0.2) is 107 Å². The molecule has 6 N–H and O–H groups in total. The summed E-state index contributed by atoms with van der Waals surface area (Å²) in [6.07, 6.45) is 4.68. The number of fused-ring (bicyclic) bond motifs is 1. The molecule has 7 atom stereocenters. The number of amides is 4. The highest BCUT2D eigenvalue weighted by atomic mass is 32.2. The van der Waals surface area contributed by atoms with E-state index in [2.05, 4.69) is 31.5 Å². The van der Waals surface area contributed by atoms with Crippen LogP contribution < -0.4 is 31.5 Å². The Labute approximate surface area is 331 Å². The van der Waals surface area contributed by atoms with E-state index < -0.39 is 28.3 Å². The fourth-order valence-corrected chi connectivity index (χ4v) is 9.63. The number of thioether (sulfide) groups is 1. The zero-order valence-electron chi connectivity index (χ0n) is 33.7. The number of aliphatic hydroxyl groups is 1. The summed E-state index contributed by atoms with van der Waals surface area (Å²) in [6.45, 7) is 11.1. The van der Waals surface area contributed by atoms with Crippen molar-refractivity contribution in [2.75, 3.05) is 38.6 Å². The third kappa shape index (κ3) is 11.9. The predicted molar refractivity (Wildman–Crippen MR) is 219 cm³/mol. The number of anilines is 1. The summed E-state index contributed by atoms with van der Waals surface area (Å²) in [4.78, 5) is 58.5. The van der Waals surface area contributed by atoms with Crippen LogP contribution in [0.3, 0.4) is 0 Å². The number of likely N-dealkylation sites (tertiary alicyclic amines) is 1. The molecule has 0 unspecified atom stereocenters. The van der Waals surface area contributed by atoms with E-state index in [0.29, 0.717) is 11.8 Å². The number of hydrogen-bond donors (Lipinski definition) is 6. The maximum Gasteiger partial charge on any atom is 0.245 e. The molecule has 13 heteroatoms. The molecular formula is C42H63N7O5S. The summed E-state index contributed by atoms with van der Waals surface area (Å²) in [5.41, 5.74) is 2.43. The molecule has 55 heavy (non-hydrogen) atoms. The number of rotatable bonds is 14. The SMILES string of the molecule is CN(C)c1ccc(CNC(=O)[C@@H](NC(=O)Cc2ccccc2)[C@@H]2N[C@@H](C(=O)NC[C@@H](O)CN3C[C@H]4CCCC[C@H]4C[C@H]3C(=O)NC(C)(C)C)C(C)(C)S2)cc1. The van der Waals surface area contributed by atoms with Gasteiger partial charge in [-0.05, 0) is 82.6 Å². The largest absolute Gasteiger partial charge is 0.390 e. The van der Waals surface area contributed by atoms with Crippen molar-refractivity contribution in [3.8, 4) is 0 Å². The van der Waals surface area contributed by atoms with Crippen LogP contribution in [0.5, 0.6) is 0 Å². The van der Waals surface area contributed by atoms with Crippen molar-refractivity contribution in [1.29, 1.82) is 0 Å². The topological polar surface area (TPSA) is 155 Å². The van der Waals surface area contributed by atoms with Gasteiger partial charge in [0.2, 0.25) is 23.6 Å². The highest BCUT2D eigenvalue weighted by Gasteiger charge is 2.49. The first kappa shape index (κ1) is 42.5. The molecule has 2 aliphatic heterocycles. The van der Waals surface area contributed by atoms with E-state index in [1.165, 1.54) is 24.6 Å². The monoisotopic (exact) mass is 777 g/mol. The molecule has 302 valence electrons. The minimum atomic E-state index is -0.969. The van der Waals surface area contributed by atoms with Gasteiger partial charge in [-0.3, -0.25) is 29.4 Å². The first-order valence-electron chi connectivity index (χ1n) is 19.8. The normalized spacial score (nSPS) is 24.8. The Bertz CT molecular complexity index is 1620. The summed E-state index contributed by atoms with van der Waals surface area (Å²) in [5, 5.41) is 26.1. The number of nitrogens with one attached hydrogen (secondary N) is 5. The first-order chi connectivity index (χ1) is 26.0. The van der Waals surface area contributed by atoms with Crippen molar-refractivity contribution in [3.63, 3.8) is 0 Å². The number of hydrogen-bond acceptors (Lipinski definition) is 9. The second-order valence-corrected chi connectivity index (χ2v) is 19.2. The fraction of sp³-hybridized carbons (Fsp3) is 0.619. The van der Waals surface area contributed by atoms with E-state index >= 15 is 0 Å². The van der Waals surface area contributed by atoms with Crippen molar-refractivity contribution >= 4 is 41.1 Å². The van der Waals surface area contributed by atoms with E-state index in [0.717, 1.165) is 42.6 Å². The van der Waals surface area contributed by atoms with Crippen molar-refractivity contribution < 1.29 is 24.3 Å². The standard InChI is InChI=1S/C42H63N7O5S/c1-41(2,3)47-37(52)33-22-29-15-11-12-16-30(29)25-49(33)26-32(50)24-44-39(54)36-42(4,5)55-40(46-36)35(45-34(51)21-27-13-9-8-10-14-27)38(53)43-23-28-17-19-31(20-18-28)48(6)7/h8-10,13-14,17-20,29-30,32-33,35-36,40,46,50H,11-12,15-16,21-26H2,1-7H3,(H,43,53)(H,44,54)(H,45,51)(H,47,52)/t29-,30+,32+,33-,35+,36-,40+/m0/s1. The van der Waals surface area contributed by atoms with Crippen LogP contribution in [0.15, 0.2) is 54.6 Å². The summed E-state index contributed by atoms with van der Waals surface area (Å²) in [7, 11) is 3.93. The number of carbonyl (C=O) groups is 4. The molecule has 0 bridgehead atoms. The lowest BCUT2D eigenvalue weighted by molar-refractivity contribution is -0.133. The molecule has 0 spiro atoms. The van der Waals surface area contributed by atoms with Gasteiger partial charge in [0.05, 0.1) is 23.9 Å². The van der Waals surface area contributed by atoms with E-state index in [-0.39, 0.29) is 61.3 Å². The molecule has 0 aromatic heterocycles. The lowest BCUT2D eigenvalue weighted by Crippen LogP contribution is -2.60. The summed E-state index contributed by atoms with van der Waals surface area (Å²) < 4.78 is -0.649. The van der Waals surface area contributed by atoms with Crippen LogP contribution in [0.1, 0.15) is 77.8 Å². The molecule has 4 amide bonds. The molecule has 3 fully saturated rings. The smallest absolute Gasteiger partial charge is 0.245 e. The second-order valence-electron chi connectivity index (χ2n) is 17.4. The summed E-state index contributed by atoms with van der Waals surface area (Å²) in [6, 6.07) is 15.2. The molecule has 2 aromatic carbocycles. The van der Waals surface area contributed by atoms with Crippen LogP contribution in [0.25, 0.3) is 0 Å². The first-order valence-corrected chi connectivity index (χ1v) is 20.7. The highest BCUT2D eigenvalue weighted by Crippen LogP contribution is 2.40. The van der Waals surface area contributed by atoms with Crippen LogP contribution in [0, 0.1) is 11.8 Å². The predicted octanol–water partition coefficient (Wildman–Crippen LogP) is 3.18. The Balaban J connectivity index is 1.22. The van der Waals surface area contributed by atoms with Gasteiger partial charge in [0.25, 0.3) is 0 Å². The van der Waals surface area contributed by atoms with E-state index in [4.69, 9.17) is 0 Å². The third-order valence-corrected chi connectivity index (χ3v) is 12.5. The molecule has 12 nitrogen and oxygen atoms in total. The molecule has 2 heterocycles. The molecule has 1 aliphatic carbocycles. The molecule has 2 aromatic rings. The van der Waals surface area contributed by atoms with E-state index in [1.54, 1.807) is 0 Å². The Morgan fingerprint density at radius 2 is 1.62 bits per heavy atom. The molecule has 2 saturated heterocycles. The molecule has 5 rings (SSSR count). The van der Waals surface area contributed by atoms with Gasteiger partial charge in [-0.25, -0.2) is 0 Å². The van der Waals surface area contributed by atoms with Crippen LogP contribution in [0.2, 0.25) is 0 Å². The van der Waals surface area contributed by atoms with Gasteiger partial charge in [0.15, 0.2) is 0 Å². The van der Waals surface area contributed by atoms with Crippen molar-refractivity contribution in [2.45, 2.75) is 120 Å². The molecule has 3 aliphatic rings. The average Bonchev–Trinajstić information content (AvgIpc) is 3.45. The van der Waals surface area contributed by atoms with Gasteiger partial charge in [0, 0.05) is 56.2 Å². The van der Waals surface area contributed by atoms with Crippen molar-refractivity contribution in [3.05, 3.63) is 65.7 Å². The zero-order chi connectivity index (χ0) is 39.9. The van der Waals surface area contributed by atoms with Gasteiger partial charge >= 0.3 is 0 Å². The van der Waals surface area contributed by atoms with E-state index in [1.807, 2.05) is 108 Å². The number of β-amino-alcohol motifs (C(OH)–C–C–N with tert-alkyl or cyclic N) is 1. The Hall–Kier alpha value is -3.65. The Kier molecular flexibility index (Phi) is 14.3. The van der Waals surface area contributed by atoms with Gasteiger partial charge in [0.1, 0.15) is 12.1 Å². The second kappa shape index (κ2) is 18.5. The van der Waals surface area contributed by atoms with Crippen LogP contribution in [-0.2, 0) is 32.1 Å². The highest BCUT2D eigenvalue weighted by molar-refractivity contribution is 8.01. The minimum absolute atomic E-state index is 0.00980. The molecule has 1 saturated carbocycles. The van der Waals surface area contributed by atoms with Crippen molar-refractivity contribution in [2.24, 2.45) is 11.8 Å². The number of carbonyl (C=O) groups excluding carboxylic acids is 4. The lowest BCUT2D eigenvalue weighted by Gasteiger charge is -2.46. The number of aliphatic hydroxyl groups excluding tert-OH is 1. The Morgan fingerprint density at radius 1 is 0.945 bits per heavy atom. The fourth-order valence-electron chi connectivity index (χ4n) is 8.13. The number of piperidine rings is 1. The Morgan fingerprint density at radius 3 is 2.27 bits per heavy atom. The van der Waals surface area contributed by atoms with Gasteiger partial charge < -0.3 is 31.3 Å². The van der Waals surface area contributed by atoms with Gasteiger partial charge in [-0.2, -0.15) is 0 Å². The van der Waals surface area contributed by atoms with Crippen LogP contribution >= 0.6 is 11.8 Å². The van der Waals surface area contributed by atoms with Gasteiger partial charge in [-0.15, -0.1) is 11.8 Å². The zero-order valence-corrected chi connectivity index (χ0v) is 34.5.